The summed E-state index contributed by atoms with van der Waals surface area (Å²) in [6.07, 6.45) is 5.32. The first kappa shape index (κ1) is 17.0. The molecule has 0 spiro atoms. The number of rotatable bonds is 4. The summed E-state index contributed by atoms with van der Waals surface area (Å²) in [5.41, 5.74) is 2.52. The van der Waals surface area contributed by atoms with Gasteiger partial charge in [-0.25, -0.2) is 9.97 Å². The minimum Gasteiger partial charge on any atom is -0.497 e. The van der Waals surface area contributed by atoms with Crippen LogP contribution >= 0.6 is 0 Å². The predicted octanol–water partition coefficient (Wildman–Crippen LogP) is 3.11. The Bertz CT molecular complexity index is 750. The van der Waals surface area contributed by atoms with Crippen LogP contribution in [0.4, 0.5) is 5.82 Å². The van der Waals surface area contributed by atoms with Gasteiger partial charge in [-0.1, -0.05) is 19.1 Å². The Morgan fingerprint density at radius 3 is 2.74 bits per heavy atom. The topological polar surface area (TPSA) is 41.5 Å². The maximum Gasteiger partial charge on any atom is 0.132 e. The summed E-state index contributed by atoms with van der Waals surface area (Å²) in [7, 11) is 1.75. The number of hydrogen-bond acceptors (Lipinski definition) is 5. The van der Waals surface area contributed by atoms with Crippen LogP contribution in [-0.4, -0.2) is 53.7 Å². The van der Waals surface area contributed by atoms with Crippen LogP contribution in [0.25, 0.3) is 0 Å². The van der Waals surface area contributed by atoms with Crippen LogP contribution in [0.1, 0.15) is 36.9 Å². The number of piperidine rings is 3. The van der Waals surface area contributed by atoms with Crippen molar-refractivity contribution in [3.05, 3.63) is 47.9 Å². The average molecular weight is 364 g/mol. The normalized spacial score (nSPS) is 31.8. The van der Waals surface area contributed by atoms with Gasteiger partial charge < -0.3 is 9.64 Å². The van der Waals surface area contributed by atoms with Crippen molar-refractivity contribution in [2.24, 2.45) is 5.92 Å². The molecule has 6 rings (SSSR count). The molecule has 2 aromatic rings. The molecule has 4 aliphatic heterocycles. The molecule has 142 valence electrons. The fourth-order valence-electron chi connectivity index (χ4n) is 5.58. The number of methoxy groups -OCH3 is 1. The molecule has 0 N–H and O–H groups in total. The number of nitrogens with zero attached hydrogens (tertiary/aromatic N) is 4. The minimum atomic E-state index is 0.494. The first-order valence-electron chi connectivity index (χ1n) is 10.2. The van der Waals surface area contributed by atoms with Crippen LogP contribution in [0.3, 0.4) is 0 Å². The van der Waals surface area contributed by atoms with Gasteiger partial charge in [-0.2, -0.15) is 0 Å². The Morgan fingerprint density at radius 2 is 1.96 bits per heavy atom. The molecule has 2 bridgehead atoms. The molecular formula is C22H28N4O. The molecular weight excluding hydrogens is 336 g/mol. The fraction of sp³-hybridized carbons (Fsp3) is 0.545. The zero-order valence-corrected chi connectivity index (χ0v) is 16.2. The van der Waals surface area contributed by atoms with E-state index in [1.54, 1.807) is 13.4 Å². The highest BCUT2D eigenvalue weighted by Gasteiger charge is 2.53. The van der Waals surface area contributed by atoms with Crippen LogP contribution < -0.4 is 9.64 Å². The number of anilines is 1. The Balaban J connectivity index is 1.55. The third-order valence-electron chi connectivity index (χ3n) is 6.88. The number of benzene rings is 1. The van der Waals surface area contributed by atoms with Gasteiger partial charge in [0.15, 0.2) is 0 Å². The Labute approximate surface area is 161 Å². The molecule has 1 aromatic carbocycles. The highest BCUT2D eigenvalue weighted by molar-refractivity contribution is 5.48. The van der Waals surface area contributed by atoms with E-state index >= 15 is 0 Å². The second-order valence-corrected chi connectivity index (χ2v) is 8.11. The Hall–Kier alpha value is -2.14. The average Bonchev–Trinajstić information content (AvgIpc) is 3.18. The van der Waals surface area contributed by atoms with Gasteiger partial charge in [-0.15, -0.1) is 0 Å². The van der Waals surface area contributed by atoms with Crippen molar-refractivity contribution in [2.75, 3.05) is 31.6 Å². The summed E-state index contributed by atoms with van der Waals surface area (Å²) in [6, 6.07) is 12.0. The van der Waals surface area contributed by atoms with Gasteiger partial charge in [-0.05, 0) is 56.0 Å². The van der Waals surface area contributed by atoms with E-state index in [-0.39, 0.29) is 0 Å². The van der Waals surface area contributed by atoms with Crippen LogP contribution in [-0.2, 0) is 6.42 Å². The standard InChI is InChI=1S/C22H28N4O/c1-3-17-12-20(24-14-23-17)26-13-19(16-5-4-6-18(11-16)27-2)22-21(26)15-7-9-25(22)10-8-15/h4-6,11-12,14-15,19,21-22H,3,7-10,13H2,1-2H3/t19-,21+,22+/m0/s1. The fourth-order valence-corrected chi connectivity index (χ4v) is 5.58. The Kier molecular flexibility index (Phi) is 4.27. The van der Waals surface area contributed by atoms with Crippen molar-refractivity contribution >= 4 is 5.82 Å². The van der Waals surface area contributed by atoms with Gasteiger partial charge in [0, 0.05) is 36.3 Å². The highest BCUT2D eigenvalue weighted by Crippen LogP contribution is 2.47. The zero-order valence-electron chi connectivity index (χ0n) is 16.2. The van der Waals surface area contributed by atoms with Gasteiger partial charge in [-0.3, -0.25) is 4.90 Å². The first-order valence-corrected chi connectivity index (χ1v) is 10.2. The monoisotopic (exact) mass is 364 g/mol. The molecule has 1 aromatic heterocycles. The summed E-state index contributed by atoms with van der Waals surface area (Å²) in [5.74, 6) is 3.33. The van der Waals surface area contributed by atoms with Gasteiger partial charge in [0.05, 0.1) is 7.11 Å². The minimum absolute atomic E-state index is 0.494. The second-order valence-electron chi connectivity index (χ2n) is 8.11. The van der Waals surface area contributed by atoms with E-state index in [2.05, 4.69) is 51.0 Å². The summed E-state index contributed by atoms with van der Waals surface area (Å²) in [4.78, 5) is 14.4. The molecule has 0 saturated carbocycles. The highest BCUT2D eigenvalue weighted by atomic mass is 16.5. The smallest absolute Gasteiger partial charge is 0.132 e. The second kappa shape index (κ2) is 6.79. The van der Waals surface area contributed by atoms with E-state index in [0.29, 0.717) is 18.0 Å². The van der Waals surface area contributed by atoms with Crippen molar-refractivity contribution in [1.82, 2.24) is 14.9 Å². The summed E-state index contributed by atoms with van der Waals surface area (Å²) in [5, 5.41) is 0. The lowest BCUT2D eigenvalue weighted by atomic mass is 9.75. The molecule has 0 aliphatic carbocycles. The van der Waals surface area contributed by atoms with E-state index in [1.807, 2.05) is 6.07 Å². The molecule has 5 heterocycles. The van der Waals surface area contributed by atoms with Crippen molar-refractivity contribution < 1.29 is 4.74 Å². The van der Waals surface area contributed by atoms with Crippen LogP contribution in [0.5, 0.6) is 5.75 Å². The molecule has 4 fully saturated rings. The van der Waals surface area contributed by atoms with Gasteiger partial charge in [0.1, 0.15) is 17.9 Å². The zero-order chi connectivity index (χ0) is 18.4. The predicted molar refractivity (Wildman–Crippen MR) is 106 cm³/mol. The molecule has 0 radical (unpaired) electrons. The third kappa shape index (κ3) is 2.80. The number of aromatic nitrogens is 2. The molecule has 3 atom stereocenters. The van der Waals surface area contributed by atoms with Crippen molar-refractivity contribution in [2.45, 2.75) is 44.2 Å². The number of ether oxygens (including phenoxy) is 1. The largest absolute Gasteiger partial charge is 0.497 e. The molecule has 0 unspecified atom stereocenters. The summed E-state index contributed by atoms with van der Waals surface area (Å²) in [6.45, 7) is 5.66. The van der Waals surface area contributed by atoms with E-state index in [1.165, 1.54) is 31.5 Å². The Morgan fingerprint density at radius 1 is 1.11 bits per heavy atom. The number of hydrogen-bond donors (Lipinski definition) is 0. The van der Waals surface area contributed by atoms with Crippen LogP contribution in [0.15, 0.2) is 36.7 Å². The first-order chi connectivity index (χ1) is 13.3. The summed E-state index contributed by atoms with van der Waals surface area (Å²) < 4.78 is 5.51. The molecule has 27 heavy (non-hydrogen) atoms. The molecule has 5 nitrogen and oxygen atoms in total. The maximum atomic E-state index is 5.51. The SMILES string of the molecule is CCc1cc(N2C[C@@H](c3cccc(OC)c3)[C@@H]3[C@H]2C2CCN3CC2)ncn1. The number of fused-ring (bicyclic) bond motifs is 2. The number of aryl methyl sites for hydroxylation is 1. The van der Waals surface area contributed by atoms with Crippen LogP contribution in [0, 0.1) is 5.92 Å². The summed E-state index contributed by atoms with van der Waals surface area (Å²) >= 11 is 0. The van der Waals surface area contributed by atoms with Crippen molar-refractivity contribution in [3.63, 3.8) is 0 Å². The molecule has 5 heteroatoms. The molecule has 0 amide bonds. The lowest BCUT2D eigenvalue weighted by Gasteiger charge is -2.51. The van der Waals surface area contributed by atoms with E-state index in [4.69, 9.17) is 4.74 Å². The third-order valence-corrected chi connectivity index (χ3v) is 6.88. The quantitative estimate of drug-likeness (QED) is 0.834. The van der Waals surface area contributed by atoms with Gasteiger partial charge in [0.25, 0.3) is 0 Å². The van der Waals surface area contributed by atoms with E-state index in [0.717, 1.165) is 36.1 Å². The van der Waals surface area contributed by atoms with Crippen LogP contribution in [0.2, 0.25) is 0 Å². The molecule has 4 aliphatic rings. The van der Waals surface area contributed by atoms with Gasteiger partial charge in [0.2, 0.25) is 0 Å². The van der Waals surface area contributed by atoms with Crippen molar-refractivity contribution in [1.29, 1.82) is 0 Å². The lowest BCUT2D eigenvalue weighted by molar-refractivity contribution is 0.0354. The lowest BCUT2D eigenvalue weighted by Crippen LogP contribution is -2.60. The van der Waals surface area contributed by atoms with E-state index in [9.17, 15) is 0 Å². The van der Waals surface area contributed by atoms with E-state index < -0.39 is 0 Å². The molecule has 4 saturated heterocycles. The van der Waals surface area contributed by atoms with Gasteiger partial charge >= 0.3 is 0 Å². The maximum absolute atomic E-state index is 5.51. The van der Waals surface area contributed by atoms with Crippen molar-refractivity contribution in [3.8, 4) is 5.75 Å².